The molecule has 0 spiro atoms. The van der Waals surface area contributed by atoms with Crippen LogP contribution in [0.2, 0.25) is 0 Å². The van der Waals surface area contributed by atoms with E-state index in [2.05, 4.69) is 5.32 Å². The summed E-state index contributed by atoms with van der Waals surface area (Å²) in [5.41, 5.74) is 4.10. The summed E-state index contributed by atoms with van der Waals surface area (Å²) in [6.07, 6.45) is 0. The quantitative estimate of drug-likeness (QED) is 0.767. The molecule has 112 valence electrons. The first-order chi connectivity index (χ1) is 9.79. The lowest BCUT2D eigenvalue weighted by Gasteiger charge is -2.21. The van der Waals surface area contributed by atoms with Crippen molar-refractivity contribution in [3.8, 4) is 0 Å². The first-order valence-corrected chi connectivity index (χ1v) is 6.78. The fraction of sp³-hybridized carbons (Fsp3) is 0.294. The lowest BCUT2D eigenvalue weighted by atomic mass is 9.94. The molecular weight excluding hydrogens is 275 g/mol. The Bertz CT molecular complexity index is 657. The van der Waals surface area contributed by atoms with Gasteiger partial charge in [-0.15, -0.1) is 0 Å². The molecule has 0 aliphatic heterocycles. The molecule has 1 atom stereocenters. The van der Waals surface area contributed by atoms with E-state index in [-0.39, 0.29) is 11.7 Å². The fourth-order valence-electron chi connectivity index (χ4n) is 2.84. The predicted molar refractivity (Wildman–Crippen MR) is 79.0 cm³/mol. The molecule has 0 radical (unpaired) electrons. The van der Waals surface area contributed by atoms with Gasteiger partial charge in [-0.25, -0.2) is 13.2 Å². The number of hydrogen-bond acceptors (Lipinski definition) is 1. The summed E-state index contributed by atoms with van der Waals surface area (Å²) in [5, 5.41) is 2.85. The third kappa shape index (κ3) is 3.20. The molecule has 1 N–H and O–H groups in total. The standard InChI is InChI=1S/C17H18F3N/c1-9-5-10(2)16(11(3)6-9)12(4)21-15-8-13(18)7-14(19)17(15)20/h5-8,12,21H,1-4H3. The second-order valence-electron chi connectivity index (χ2n) is 5.43. The highest BCUT2D eigenvalue weighted by Gasteiger charge is 2.16. The van der Waals surface area contributed by atoms with Crippen LogP contribution in [0.15, 0.2) is 24.3 Å². The number of benzene rings is 2. The van der Waals surface area contributed by atoms with Crippen LogP contribution in [0.3, 0.4) is 0 Å². The molecule has 0 aliphatic carbocycles. The third-order valence-electron chi connectivity index (χ3n) is 3.54. The average molecular weight is 293 g/mol. The Hall–Kier alpha value is -1.97. The van der Waals surface area contributed by atoms with E-state index in [1.54, 1.807) is 0 Å². The SMILES string of the molecule is Cc1cc(C)c(C(C)Nc2cc(F)cc(F)c2F)c(C)c1. The van der Waals surface area contributed by atoms with Gasteiger partial charge in [0.15, 0.2) is 11.6 Å². The molecule has 0 amide bonds. The summed E-state index contributed by atoms with van der Waals surface area (Å²) in [6.45, 7) is 7.78. The first-order valence-electron chi connectivity index (χ1n) is 6.78. The van der Waals surface area contributed by atoms with E-state index < -0.39 is 17.5 Å². The summed E-state index contributed by atoms with van der Waals surface area (Å²) in [5.74, 6) is -3.06. The van der Waals surface area contributed by atoms with Crippen molar-refractivity contribution < 1.29 is 13.2 Å². The smallest absolute Gasteiger partial charge is 0.182 e. The van der Waals surface area contributed by atoms with Crippen LogP contribution in [0.25, 0.3) is 0 Å². The molecule has 2 aromatic rings. The van der Waals surface area contributed by atoms with Crippen molar-refractivity contribution >= 4 is 5.69 Å². The van der Waals surface area contributed by atoms with Crippen molar-refractivity contribution in [2.75, 3.05) is 5.32 Å². The Labute approximate surface area is 122 Å². The van der Waals surface area contributed by atoms with Gasteiger partial charge in [0, 0.05) is 18.2 Å². The summed E-state index contributed by atoms with van der Waals surface area (Å²) < 4.78 is 40.2. The molecule has 0 fully saturated rings. The van der Waals surface area contributed by atoms with E-state index in [1.807, 2.05) is 39.8 Å². The number of aryl methyl sites for hydroxylation is 3. The normalized spacial score (nSPS) is 12.3. The van der Waals surface area contributed by atoms with E-state index in [4.69, 9.17) is 0 Å². The monoisotopic (exact) mass is 293 g/mol. The Morgan fingerprint density at radius 1 is 0.905 bits per heavy atom. The van der Waals surface area contributed by atoms with Crippen LogP contribution < -0.4 is 5.32 Å². The van der Waals surface area contributed by atoms with Crippen molar-refractivity contribution in [1.29, 1.82) is 0 Å². The van der Waals surface area contributed by atoms with Crippen molar-refractivity contribution in [3.63, 3.8) is 0 Å². The minimum absolute atomic E-state index is 0.167. The summed E-state index contributed by atoms with van der Waals surface area (Å²) in [6, 6.07) is 5.30. The molecule has 0 saturated heterocycles. The molecule has 0 saturated carbocycles. The molecule has 0 aliphatic rings. The van der Waals surface area contributed by atoms with E-state index in [0.717, 1.165) is 28.3 Å². The third-order valence-corrected chi connectivity index (χ3v) is 3.54. The second-order valence-corrected chi connectivity index (χ2v) is 5.43. The largest absolute Gasteiger partial charge is 0.376 e. The Balaban J connectivity index is 2.37. The highest BCUT2D eigenvalue weighted by Crippen LogP contribution is 2.28. The van der Waals surface area contributed by atoms with Crippen molar-refractivity contribution in [2.45, 2.75) is 33.7 Å². The van der Waals surface area contributed by atoms with Crippen LogP contribution in [0.5, 0.6) is 0 Å². The number of nitrogens with one attached hydrogen (secondary N) is 1. The molecule has 0 aromatic heterocycles. The van der Waals surface area contributed by atoms with Crippen LogP contribution >= 0.6 is 0 Å². The topological polar surface area (TPSA) is 12.0 Å². The Morgan fingerprint density at radius 2 is 1.48 bits per heavy atom. The molecule has 4 heteroatoms. The maximum Gasteiger partial charge on any atom is 0.182 e. The van der Waals surface area contributed by atoms with Gasteiger partial charge in [0.2, 0.25) is 0 Å². The van der Waals surface area contributed by atoms with Crippen molar-refractivity contribution in [1.82, 2.24) is 0 Å². The van der Waals surface area contributed by atoms with Crippen LogP contribution in [-0.4, -0.2) is 0 Å². The van der Waals surface area contributed by atoms with Gasteiger partial charge in [0.05, 0.1) is 5.69 Å². The lowest BCUT2D eigenvalue weighted by Crippen LogP contribution is -2.12. The molecule has 1 unspecified atom stereocenters. The molecule has 2 rings (SSSR count). The van der Waals surface area contributed by atoms with Gasteiger partial charge >= 0.3 is 0 Å². The zero-order valence-electron chi connectivity index (χ0n) is 12.5. The minimum Gasteiger partial charge on any atom is -0.376 e. The van der Waals surface area contributed by atoms with Gasteiger partial charge in [-0.2, -0.15) is 0 Å². The van der Waals surface area contributed by atoms with Gasteiger partial charge in [-0.05, 0) is 44.4 Å². The second kappa shape index (κ2) is 5.80. The summed E-state index contributed by atoms with van der Waals surface area (Å²) >= 11 is 0. The van der Waals surface area contributed by atoms with Gasteiger partial charge in [-0.3, -0.25) is 0 Å². The number of hydrogen-bond donors (Lipinski definition) is 1. The molecular formula is C17H18F3N. The van der Waals surface area contributed by atoms with E-state index in [1.165, 1.54) is 0 Å². The zero-order chi connectivity index (χ0) is 15.7. The maximum absolute atomic E-state index is 13.7. The minimum atomic E-state index is -1.19. The number of halogens is 3. The van der Waals surface area contributed by atoms with Gasteiger partial charge in [0.1, 0.15) is 5.82 Å². The molecule has 21 heavy (non-hydrogen) atoms. The highest BCUT2D eigenvalue weighted by molar-refractivity contribution is 5.50. The average Bonchev–Trinajstić information content (AvgIpc) is 2.33. The summed E-state index contributed by atoms with van der Waals surface area (Å²) in [4.78, 5) is 0. The van der Waals surface area contributed by atoms with Gasteiger partial charge in [0.25, 0.3) is 0 Å². The molecule has 1 nitrogen and oxygen atoms in total. The number of anilines is 1. The maximum atomic E-state index is 13.7. The predicted octanol–water partition coefficient (Wildman–Crippen LogP) is 5.20. The molecule has 0 heterocycles. The van der Waals surface area contributed by atoms with E-state index in [9.17, 15) is 13.2 Å². The molecule has 0 bridgehead atoms. The Kier molecular flexibility index (Phi) is 4.26. The van der Waals surface area contributed by atoms with Crippen LogP contribution in [0.4, 0.5) is 18.9 Å². The summed E-state index contributed by atoms with van der Waals surface area (Å²) in [7, 11) is 0. The first kappa shape index (κ1) is 15.4. The lowest BCUT2D eigenvalue weighted by molar-refractivity contribution is 0.496. The fourth-order valence-corrected chi connectivity index (χ4v) is 2.84. The van der Waals surface area contributed by atoms with Crippen LogP contribution in [0, 0.1) is 38.2 Å². The Morgan fingerprint density at radius 3 is 2.05 bits per heavy atom. The van der Waals surface area contributed by atoms with Gasteiger partial charge < -0.3 is 5.32 Å². The van der Waals surface area contributed by atoms with Crippen LogP contribution in [-0.2, 0) is 0 Å². The highest BCUT2D eigenvalue weighted by atomic mass is 19.2. The van der Waals surface area contributed by atoms with Crippen molar-refractivity contribution in [3.05, 3.63) is 64.0 Å². The van der Waals surface area contributed by atoms with E-state index >= 15 is 0 Å². The van der Waals surface area contributed by atoms with E-state index in [0.29, 0.717) is 6.07 Å². The van der Waals surface area contributed by atoms with Gasteiger partial charge in [-0.1, -0.05) is 17.7 Å². The van der Waals surface area contributed by atoms with Crippen LogP contribution in [0.1, 0.15) is 35.2 Å². The molecule has 2 aromatic carbocycles. The zero-order valence-corrected chi connectivity index (χ0v) is 12.5. The van der Waals surface area contributed by atoms with Crippen molar-refractivity contribution in [2.24, 2.45) is 0 Å². The number of rotatable bonds is 3.